The number of hydrogen-bond acceptors (Lipinski definition) is 6. The fourth-order valence-electron chi connectivity index (χ4n) is 3.47. The van der Waals surface area contributed by atoms with Gasteiger partial charge in [0.2, 0.25) is 17.7 Å². The van der Waals surface area contributed by atoms with Crippen LogP contribution in [0.3, 0.4) is 0 Å². The van der Waals surface area contributed by atoms with Gasteiger partial charge in [-0.3, -0.25) is 14.4 Å². The van der Waals surface area contributed by atoms with Crippen molar-refractivity contribution in [3.05, 3.63) is 78.4 Å². The number of aromatic nitrogens is 1. The van der Waals surface area contributed by atoms with Gasteiger partial charge in [0.1, 0.15) is 23.4 Å². The van der Waals surface area contributed by atoms with Crippen LogP contribution in [0.25, 0.3) is 0 Å². The molecule has 9 heteroatoms. The fraction of sp³-hybridized carbons (Fsp3) is 0.308. The lowest BCUT2D eigenvalue weighted by atomic mass is 10.0. The summed E-state index contributed by atoms with van der Waals surface area (Å²) >= 11 is 0. The van der Waals surface area contributed by atoms with E-state index in [0.29, 0.717) is 17.1 Å². The third-order valence-corrected chi connectivity index (χ3v) is 4.99. The molecule has 1 atom stereocenters. The summed E-state index contributed by atoms with van der Waals surface area (Å²) in [5.41, 5.74) is -0.0313. The Morgan fingerprint density at radius 1 is 1.03 bits per heavy atom. The number of pyridine rings is 1. The monoisotopic (exact) mass is 478 g/mol. The van der Waals surface area contributed by atoms with Crippen LogP contribution in [0.1, 0.15) is 51.0 Å². The normalized spacial score (nSPS) is 12.0. The first kappa shape index (κ1) is 25.5. The number of nitrogens with one attached hydrogen (secondary N) is 2. The molecular formula is C26H30N4O5. The van der Waals surface area contributed by atoms with Crippen LogP contribution in [-0.4, -0.2) is 38.3 Å². The number of phenolic OH excluding ortho intramolecular Hbond substituents is 1. The summed E-state index contributed by atoms with van der Waals surface area (Å²) in [6, 6.07) is 13.6. The maximum atomic E-state index is 13.4. The molecule has 0 saturated carbocycles. The van der Waals surface area contributed by atoms with Crippen molar-refractivity contribution in [2.45, 2.75) is 51.7 Å². The van der Waals surface area contributed by atoms with Crippen LogP contribution in [0.15, 0.2) is 71.5 Å². The molecule has 3 N–H and O–H groups in total. The van der Waals surface area contributed by atoms with Crippen LogP contribution in [0.5, 0.6) is 5.75 Å². The van der Waals surface area contributed by atoms with E-state index in [1.165, 1.54) is 23.3 Å². The Bertz CT molecular complexity index is 1120. The Labute approximate surface area is 204 Å². The van der Waals surface area contributed by atoms with E-state index in [-0.39, 0.29) is 37.0 Å². The topological polar surface area (TPSA) is 125 Å². The zero-order valence-electron chi connectivity index (χ0n) is 20.0. The third kappa shape index (κ3) is 7.70. The van der Waals surface area contributed by atoms with E-state index in [1.54, 1.807) is 48.7 Å². The Morgan fingerprint density at radius 2 is 1.77 bits per heavy atom. The lowest BCUT2D eigenvalue weighted by molar-refractivity contribution is -0.143. The van der Waals surface area contributed by atoms with Crippen molar-refractivity contribution in [1.82, 2.24) is 15.2 Å². The number of benzene rings is 1. The van der Waals surface area contributed by atoms with Crippen molar-refractivity contribution in [1.29, 1.82) is 0 Å². The molecule has 0 aliphatic heterocycles. The number of nitrogens with zero attached hydrogens (tertiary/aromatic N) is 2. The van der Waals surface area contributed by atoms with Gasteiger partial charge in [-0.05, 0) is 62.7 Å². The van der Waals surface area contributed by atoms with Gasteiger partial charge in [-0.1, -0.05) is 18.2 Å². The molecule has 184 valence electrons. The van der Waals surface area contributed by atoms with Gasteiger partial charge in [0.15, 0.2) is 0 Å². The van der Waals surface area contributed by atoms with Crippen molar-refractivity contribution in [3.63, 3.8) is 0 Å². The summed E-state index contributed by atoms with van der Waals surface area (Å²) in [5.74, 6) is -0.234. The first-order valence-electron chi connectivity index (χ1n) is 11.3. The zero-order chi connectivity index (χ0) is 25.4. The van der Waals surface area contributed by atoms with Crippen molar-refractivity contribution in [2.24, 2.45) is 0 Å². The minimum atomic E-state index is -1.01. The smallest absolute Gasteiger partial charge is 0.247 e. The molecular weight excluding hydrogens is 448 g/mol. The van der Waals surface area contributed by atoms with E-state index in [2.05, 4.69) is 15.6 Å². The molecule has 0 radical (unpaired) electrons. The molecule has 0 saturated heterocycles. The van der Waals surface area contributed by atoms with Crippen LogP contribution in [0.4, 0.5) is 5.82 Å². The zero-order valence-corrected chi connectivity index (χ0v) is 20.0. The number of carbonyl (C=O) groups is 3. The summed E-state index contributed by atoms with van der Waals surface area (Å²) in [6.07, 6.45) is 2.83. The summed E-state index contributed by atoms with van der Waals surface area (Å²) in [4.78, 5) is 44.7. The lowest BCUT2D eigenvalue weighted by Crippen LogP contribution is -2.49. The molecule has 0 aliphatic rings. The Morgan fingerprint density at radius 3 is 2.37 bits per heavy atom. The highest BCUT2D eigenvalue weighted by molar-refractivity contribution is 5.94. The van der Waals surface area contributed by atoms with Crippen LogP contribution >= 0.6 is 0 Å². The number of amides is 3. The summed E-state index contributed by atoms with van der Waals surface area (Å²) < 4.78 is 5.45. The van der Waals surface area contributed by atoms with Gasteiger partial charge in [0.25, 0.3) is 0 Å². The van der Waals surface area contributed by atoms with Gasteiger partial charge in [0, 0.05) is 24.6 Å². The largest absolute Gasteiger partial charge is 0.508 e. The molecule has 0 fully saturated rings. The molecule has 2 heterocycles. The Balaban J connectivity index is 1.86. The van der Waals surface area contributed by atoms with Gasteiger partial charge in [-0.15, -0.1) is 0 Å². The summed E-state index contributed by atoms with van der Waals surface area (Å²) in [7, 11) is 0. The highest BCUT2D eigenvalue weighted by Crippen LogP contribution is 2.27. The van der Waals surface area contributed by atoms with Gasteiger partial charge in [-0.2, -0.15) is 0 Å². The van der Waals surface area contributed by atoms with Crippen molar-refractivity contribution in [3.8, 4) is 5.75 Å². The highest BCUT2D eigenvalue weighted by atomic mass is 16.3. The molecule has 1 aromatic carbocycles. The number of hydrogen-bond donors (Lipinski definition) is 3. The fourth-order valence-corrected chi connectivity index (χ4v) is 3.47. The van der Waals surface area contributed by atoms with E-state index in [9.17, 15) is 19.5 Å². The number of carbonyl (C=O) groups excluding carboxylic acids is 3. The second kappa shape index (κ2) is 11.3. The average Bonchev–Trinajstić information content (AvgIpc) is 3.31. The Hall–Kier alpha value is -4.14. The predicted octanol–water partition coefficient (Wildman–Crippen LogP) is 3.78. The van der Waals surface area contributed by atoms with E-state index >= 15 is 0 Å². The minimum absolute atomic E-state index is 0.0246. The van der Waals surface area contributed by atoms with Crippen molar-refractivity contribution in [2.75, 3.05) is 5.32 Å². The minimum Gasteiger partial charge on any atom is -0.508 e. The summed E-state index contributed by atoms with van der Waals surface area (Å²) in [6.45, 7) is 5.56. The number of phenols is 1. The molecule has 2 aromatic heterocycles. The first-order chi connectivity index (χ1) is 16.6. The molecule has 3 amide bonds. The van der Waals surface area contributed by atoms with Gasteiger partial charge < -0.3 is 25.1 Å². The van der Waals surface area contributed by atoms with Gasteiger partial charge in [0.05, 0.1) is 12.8 Å². The third-order valence-electron chi connectivity index (χ3n) is 4.99. The lowest BCUT2D eigenvalue weighted by Gasteiger charge is -2.33. The molecule has 3 aromatic rings. The van der Waals surface area contributed by atoms with E-state index in [4.69, 9.17) is 4.42 Å². The highest BCUT2D eigenvalue weighted by Gasteiger charge is 2.34. The number of anilines is 1. The number of aromatic hydroxyl groups is 1. The molecule has 0 bridgehead atoms. The van der Waals surface area contributed by atoms with Gasteiger partial charge in [-0.25, -0.2) is 4.98 Å². The number of rotatable bonds is 9. The first-order valence-corrected chi connectivity index (χ1v) is 11.3. The van der Waals surface area contributed by atoms with E-state index < -0.39 is 17.5 Å². The maximum Gasteiger partial charge on any atom is 0.247 e. The van der Waals surface area contributed by atoms with Crippen molar-refractivity contribution < 1.29 is 23.9 Å². The maximum absolute atomic E-state index is 13.4. The average molecular weight is 479 g/mol. The van der Waals surface area contributed by atoms with Crippen molar-refractivity contribution >= 4 is 23.5 Å². The van der Waals surface area contributed by atoms with E-state index in [0.717, 1.165) is 0 Å². The Kier molecular flexibility index (Phi) is 8.25. The quantitative estimate of drug-likeness (QED) is 0.430. The van der Waals surface area contributed by atoms with Crippen LogP contribution in [0, 0.1) is 0 Å². The van der Waals surface area contributed by atoms with E-state index in [1.807, 2.05) is 20.8 Å². The standard InChI is InChI=1S/C26H30N4O5/c1-26(2,3)29-25(34)24(18-9-11-19(31)12-10-18)30(17-20-7-6-16-35-20)23(33)14-13-22(32)28-21-8-4-5-15-27-21/h4-12,15-16,24,31H,13-14,17H2,1-3H3,(H,29,34)(H,27,28,32)/t24-/m1/s1. The molecule has 0 unspecified atom stereocenters. The van der Waals surface area contributed by atoms with Crippen LogP contribution in [-0.2, 0) is 20.9 Å². The van der Waals surface area contributed by atoms with Crippen LogP contribution < -0.4 is 10.6 Å². The second-order valence-corrected chi connectivity index (χ2v) is 9.10. The van der Waals surface area contributed by atoms with Crippen LogP contribution in [0.2, 0.25) is 0 Å². The molecule has 0 aliphatic carbocycles. The van der Waals surface area contributed by atoms with Gasteiger partial charge >= 0.3 is 0 Å². The number of furan rings is 1. The molecule has 9 nitrogen and oxygen atoms in total. The SMILES string of the molecule is CC(C)(C)NC(=O)[C@@H](c1ccc(O)cc1)N(Cc1ccco1)C(=O)CCC(=O)Nc1ccccn1. The second-order valence-electron chi connectivity index (χ2n) is 9.10. The predicted molar refractivity (Wildman–Crippen MR) is 130 cm³/mol. The molecule has 3 rings (SSSR count). The molecule has 35 heavy (non-hydrogen) atoms. The summed E-state index contributed by atoms with van der Waals surface area (Å²) in [5, 5.41) is 15.3. The molecule has 0 spiro atoms.